The Morgan fingerprint density at radius 1 is 1.05 bits per heavy atom. The van der Waals surface area contributed by atoms with Crippen LogP contribution in [0.2, 0.25) is 0 Å². The molecule has 3 aliphatic rings. The number of anilines is 1. The zero-order valence-corrected chi connectivity index (χ0v) is 21.3. The molecule has 3 aromatic rings. The molecule has 3 aromatic carbocycles. The van der Waals surface area contributed by atoms with E-state index in [-0.39, 0.29) is 35.1 Å². The van der Waals surface area contributed by atoms with Crippen LogP contribution in [0, 0.1) is 27.9 Å². The van der Waals surface area contributed by atoms with Crippen molar-refractivity contribution in [3.63, 3.8) is 0 Å². The molecule has 2 aliphatic carbocycles. The van der Waals surface area contributed by atoms with Crippen LogP contribution in [0.25, 0.3) is 6.08 Å². The fraction of sp³-hybridized carbons (Fsp3) is 0.312. The predicted octanol–water partition coefficient (Wildman–Crippen LogP) is 6.31. The average Bonchev–Trinajstić information content (AvgIpc) is 3.59. The summed E-state index contributed by atoms with van der Waals surface area (Å²) in [7, 11) is 0. The molecule has 0 radical (unpaired) electrons. The lowest BCUT2D eigenvalue weighted by molar-refractivity contribution is -0.384. The summed E-state index contributed by atoms with van der Waals surface area (Å²) in [6.07, 6.45) is 6.17. The fourth-order valence-electron chi connectivity index (χ4n) is 7.73. The van der Waals surface area contributed by atoms with Crippen molar-refractivity contribution in [3.05, 3.63) is 112 Å². The number of amides is 1. The number of nitro groups is 1. The highest BCUT2D eigenvalue weighted by molar-refractivity contribution is 6.13. The Labute approximate surface area is 222 Å². The van der Waals surface area contributed by atoms with Crippen molar-refractivity contribution in [3.8, 4) is 0 Å². The summed E-state index contributed by atoms with van der Waals surface area (Å²) in [5.74, 6) is -0.895. The first kappa shape index (κ1) is 24.3. The minimum atomic E-state index is -1.13. The summed E-state index contributed by atoms with van der Waals surface area (Å²) in [4.78, 5) is 42.1. The molecular weight excluding hydrogens is 476 g/mol. The molecule has 2 fully saturated rings. The van der Waals surface area contributed by atoms with E-state index in [0.717, 1.165) is 30.4 Å². The third kappa shape index (κ3) is 3.46. The van der Waals surface area contributed by atoms with E-state index in [1.165, 1.54) is 6.07 Å². The van der Waals surface area contributed by atoms with Crippen LogP contribution in [0.1, 0.15) is 48.8 Å². The largest absolute Gasteiger partial charge is 0.312 e. The monoisotopic (exact) mass is 506 g/mol. The van der Waals surface area contributed by atoms with Gasteiger partial charge in [0.15, 0.2) is 5.78 Å². The van der Waals surface area contributed by atoms with Crippen molar-refractivity contribution in [2.45, 2.75) is 37.5 Å². The fourth-order valence-corrected chi connectivity index (χ4v) is 7.73. The van der Waals surface area contributed by atoms with E-state index in [1.54, 1.807) is 23.1 Å². The van der Waals surface area contributed by atoms with Gasteiger partial charge in [0.1, 0.15) is 0 Å². The van der Waals surface area contributed by atoms with Gasteiger partial charge in [0.25, 0.3) is 5.69 Å². The Balaban J connectivity index is 1.59. The van der Waals surface area contributed by atoms with E-state index in [9.17, 15) is 19.7 Å². The maximum atomic E-state index is 14.6. The van der Waals surface area contributed by atoms with Crippen LogP contribution in [-0.4, -0.2) is 23.2 Å². The quantitative estimate of drug-likeness (QED) is 0.223. The second-order valence-corrected chi connectivity index (χ2v) is 10.6. The number of rotatable bonds is 6. The Morgan fingerprint density at radius 2 is 1.76 bits per heavy atom. The Hall–Kier alpha value is -4.06. The molecule has 6 heteroatoms. The van der Waals surface area contributed by atoms with Crippen LogP contribution < -0.4 is 4.90 Å². The van der Waals surface area contributed by atoms with Crippen molar-refractivity contribution in [1.82, 2.24) is 0 Å². The summed E-state index contributed by atoms with van der Waals surface area (Å²) in [6.45, 7) is 2.36. The van der Waals surface area contributed by atoms with Crippen LogP contribution in [0.5, 0.6) is 0 Å². The van der Waals surface area contributed by atoms with Crippen LogP contribution in [0.15, 0.2) is 84.9 Å². The zero-order valence-electron chi connectivity index (χ0n) is 21.3. The molecule has 1 heterocycles. The number of nitrogens with zero attached hydrogens (tertiary/aromatic N) is 2. The van der Waals surface area contributed by atoms with E-state index >= 15 is 0 Å². The van der Waals surface area contributed by atoms with Crippen LogP contribution >= 0.6 is 0 Å². The van der Waals surface area contributed by atoms with Crippen molar-refractivity contribution >= 4 is 29.1 Å². The minimum Gasteiger partial charge on any atom is -0.312 e. The molecule has 0 saturated heterocycles. The number of carbonyl (C=O) groups excluding carboxylic acids is 2. The van der Waals surface area contributed by atoms with Gasteiger partial charge in [0, 0.05) is 30.3 Å². The summed E-state index contributed by atoms with van der Waals surface area (Å²) < 4.78 is 0. The number of benzene rings is 3. The first-order valence-electron chi connectivity index (χ1n) is 13.4. The SMILES string of the molecule is CCN1C(=O)C2(c3cc([N+](=O)[O-])ccc31)C1CCCC1C(c1ccccc1)C2C(=O)C=Cc1ccccc1. The minimum absolute atomic E-state index is 0.0439. The second kappa shape index (κ2) is 9.35. The van der Waals surface area contributed by atoms with Crippen LogP contribution in [0.4, 0.5) is 11.4 Å². The molecule has 1 amide bonds. The Kier molecular flexibility index (Phi) is 5.98. The zero-order chi connectivity index (χ0) is 26.4. The topological polar surface area (TPSA) is 80.5 Å². The van der Waals surface area contributed by atoms with Crippen molar-refractivity contribution in [2.75, 3.05) is 11.4 Å². The molecule has 0 bridgehead atoms. The smallest absolute Gasteiger partial charge is 0.269 e. The molecule has 2 saturated carbocycles. The van der Waals surface area contributed by atoms with Gasteiger partial charge in [-0.3, -0.25) is 19.7 Å². The Bertz CT molecular complexity index is 1430. The summed E-state index contributed by atoms with van der Waals surface area (Å²) >= 11 is 0. The molecule has 6 nitrogen and oxygen atoms in total. The highest BCUT2D eigenvalue weighted by Crippen LogP contribution is 2.68. The first-order valence-corrected chi connectivity index (χ1v) is 13.4. The third-order valence-electron chi connectivity index (χ3n) is 9.04. The molecule has 0 aromatic heterocycles. The number of likely N-dealkylation sites (N-methyl/N-ethyl adjacent to an activating group) is 1. The molecule has 5 unspecified atom stereocenters. The Morgan fingerprint density at radius 3 is 2.45 bits per heavy atom. The van der Waals surface area contributed by atoms with E-state index in [0.29, 0.717) is 17.8 Å². The number of hydrogen-bond donors (Lipinski definition) is 0. The number of non-ortho nitro benzene ring substituents is 1. The second-order valence-electron chi connectivity index (χ2n) is 10.6. The molecule has 38 heavy (non-hydrogen) atoms. The van der Waals surface area contributed by atoms with Gasteiger partial charge in [-0.05, 0) is 66.4 Å². The van der Waals surface area contributed by atoms with Gasteiger partial charge in [-0.1, -0.05) is 73.2 Å². The van der Waals surface area contributed by atoms with E-state index in [4.69, 9.17) is 0 Å². The number of fused-ring (bicyclic) bond motifs is 4. The van der Waals surface area contributed by atoms with Gasteiger partial charge in [-0.25, -0.2) is 0 Å². The average molecular weight is 507 g/mol. The summed E-state index contributed by atoms with van der Waals surface area (Å²) in [6, 6.07) is 24.5. The lowest BCUT2D eigenvalue weighted by Gasteiger charge is -2.35. The number of nitro benzene ring substituents is 1. The van der Waals surface area contributed by atoms with Crippen LogP contribution in [-0.2, 0) is 15.0 Å². The van der Waals surface area contributed by atoms with Gasteiger partial charge in [0.2, 0.25) is 5.91 Å². The van der Waals surface area contributed by atoms with Crippen molar-refractivity contribution < 1.29 is 14.5 Å². The standard InChI is InChI=1S/C32H30N2O4/c1-2-33-27-18-17-23(34(37)38)20-26(27)32(31(33)36)25-15-9-14-24(25)29(22-12-7-4-8-13-22)30(32)28(35)19-16-21-10-5-3-6-11-21/h3-8,10-13,16-20,24-25,29-30H,2,9,14-15H2,1H3. The first-order chi connectivity index (χ1) is 18.5. The molecule has 5 atom stereocenters. The summed E-state index contributed by atoms with van der Waals surface area (Å²) in [5.41, 5.74) is 2.15. The molecule has 0 N–H and O–H groups in total. The van der Waals surface area contributed by atoms with Crippen LogP contribution in [0.3, 0.4) is 0 Å². The molecule has 6 rings (SSSR count). The normalized spacial score (nSPS) is 27.7. The van der Waals surface area contributed by atoms with E-state index < -0.39 is 16.3 Å². The molecule has 192 valence electrons. The van der Waals surface area contributed by atoms with E-state index in [2.05, 4.69) is 12.1 Å². The number of carbonyl (C=O) groups is 2. The van der Waals surface area contributed by atoms with Gasteiger partial charge in [-0.15, -0.1) is 0 Å². The highest BCUT2D eigenvalue weighted by atomic mass is 16.6. The third-order valence-corrected chi connectivity index (χ3v) is 9.04. The highest BCUT2D eigenvalue weighted by Gasteiger charge is 2.71. The van der Waals surface area contributed by atoms with E-state index in [1.807, 2.05) is 61.5 Å². The van der Waals surface area contributed by atoms with Crippen molar-refractivity contribution in [1.29, 1.82) is 0 Å². The molecule has 1 aliphatic heterocycles. The number of ketones is 1. The lowest BCUT2D eigenvalue weighted by Crippen LogP contribution is -2.49. The number of allylic oxidation sites excluding steroid dienone is 1. The number of hydrogen-bond acceptors (Lipinski definition) is 4. The lowest BCUT2D eigenvalue weighted by atomic mass is 9.64. The maximum Gasteiger partial charge on any atom is 0.269 e. The predicted molar refractivity (Wildman–Crippen MR) is 147 cm³/mol. The van der Waals surface area contributed by atoms with Gasteiger partial charge in [0.05, 0.1) is 10.3 Å². The van der Waals surface area contributed by atoms with Gasteiger partial charge in [-0.2, -0.15) is 0 Å². The van der Waals surface area contributed by atoms with Crippen molar-refractivity contribution in [2.24, 2.45) is 17.8 Å². The maximum absolute atomic E-state index is 14.6. The van der Waals surface area contributed by atoms with Gasteiger partial charge < -0.3 is 4.90 Å². The summed E-state index contributed by atoms with van der Waals surface area (Å²) in [5, 5.41) is 11.9. The molecular formula is C32H30N2O4. The molecule has 1 spiro atoms. The van der Waals surface area contributed by atoms with Gasteiger partial charge >= 0.3 is 0 Å².